The predicted molar refractivity (Wildman–Crippen MR) is 121 cm³/mol. The summed E-state index contributed by atoms with van der Waals surface area (Å²) in [5, 5.41) is 20.3. The molecule has 0 bridgehead atoms. The zero-order chi connectivity index (χ0) is 26.5. The number of alkyl halides is 3. The fraction of sp³-hybridized carbons (Fsp3) is 0.400. The van der Waals surface area contributed by atoms with Crippen LogP contribution in [-0.4, -0.2) is 75.9 Å². The summed E-state index contributed by atoms with van der Waals surface area (Å²) in [5.41, 5.74) is -0.978. The number of rotatable bonds is 6. The maximum Gasteiger partial charge on any atom is 0.573 e. The van der Waals surface area contributed by atoms with Crippen molar-refractivity contribution < 1.29 is 41.3 Å². The summed E-state index contributed by atoms with van der Waals surface area (Å²) in [6.07, 6.45) is -3.44. The van der Waals surface area contributed by atoms with Gasteiger partial charge in [0.15, 0.2) is 16.6 Å². The third kappa shape index (κ3) is 5.35. The molecule has 0 aliphatic carbocycles. The van der Waals surface area contributed by atoms with Crippen LogP contribution in [0, 0.1) is 0 Å². The van der Waals surface area contributed by atoms with Gasteiger partial charge in [0.2, 0.25) is 10.0 Å². The molecule has 194 valence electrons. The molecule has 1 aliphatic heterocycles. The van der Waals surface area contributed by atoms with E-state index in [2.05, 4.69) is 19.7 Å². The molecule has 1 atom stereocenters. The Labute approximate surface area is 206 Å². The van der Waals surface area contributed by atoms with Crippen LogP contribution < -0.4 is 9.64 Å². The third-order valence-corrected chi connectivity index (χ3v) is 8.20. The minimum Gasteiger partial charge on any atom is -0.480 e. The number of carboxylic acids is 1. The van der Waals surface area contributed by atoms with Crippen molar-refractivity contribution in [2.45, 2.75) is 36.7 Å². The van der Waals surface area contributed by atoms with Crippen LogP contribution in [-0.2, 0) is 20.4 Å². The maximum atomic E-state index is 13.1. The molecule has 16 heteroatoms. The van der Waals surface area contributed by atoms with Crippen molar-refractivity contribution in [2.24, 2.45) is 0 Å². The van der Waals surface area contributed by atoms with Gasteiger partial charge in [-0.1, -0.05) is 11.3 Å². The van der Waals surface area contributed by atoms with Gasteiger partial charge in [0.05, 0.1) is 15.8 Å². The second kappa shape index (κ2) is 9.10. The smallest absolute Gasteiger partial charge is 0.480 e. The Balaban J connectivity index is 1.57. The lowest BCUT2D eigenvalue weighted by molar-refractivity contribution is -0.274. The number of fused-ring (bicyclic) bond motifs is 1. The van der Waals surface area contributed by atoms with Crippen molar-refractivity contribution in [3.8, 4) is 5.75 Å². The fourth-order valence-corrected chi connectivity index (χ4v) is 6.01. The molecule has 2 N–H and O–H groups in total. The van der Waals surface area contributed by atoms with Gasteiger partial charge in [0, 0.05) is 19.6 Å². The minimum atomic E-state index is -4.94. The first-order valence-electron chi connectivity index (χ1n) is 10.4. The minimum absolute atomic E-state index is 0.101. The van der Waals surface area contributed by atoms with Crippen LogP contribution in [0.3, 0.4) is 0 Å². The molecule has 2 aromatic heterocycles. The normalized spacial score (nSPS) is 17.9. The van der Waals surface area contributed by atoms with Gasteiger partial charge < -0.3 is 19.8 Å². The SMILES string of the molecule is CC(C)(O)c1ncc2sc(N3CCN(S(=O)(=O)c4ccc(OC(F)(F)F)cc4)[C@@H](C(=O)O)C3)nc2n1. The standard InChI is InChI=1S/C20H20F3N5O6S2/c1-19(2,31)17-24-9-14-15(25-17)26-18(35-14)27-7-8-28(13(10-27)16(29)30)36(32,33)12-5-3-11(4-6-12)34-20(21,22)23/h3-6,9,13,31H,7-8,10H2,1-2H3,(H,29,30)/t13-/m1/s1. The molecule has 0 saturated carbocycles. The Hall–Kier alpha value is -3.08. The average molecular weight is 548 g/mol. The van der Waals surface area contributed by atoms with Crippen LogP contribution in [0.15, 0.2) is 35.4 Å². The van der Waals surface area contributed by atoms with E-state index in [0.717, 1.165) is 28.6 Å². The van der Waals surface area contributed by atoms with E-state index >= 15 is 0 Å². The molecular formula is C20H20F3N5O6S2. The van der Waals surface area contributed by atoms with Crippen molar-refractivity contribution in [2.75, 3.05) is 24.5 Å². The molecule has 36 heavy (non-hydrogen) atoms. The number of hydrogen-bond acceptors (Lipinski definition) is 10. The lowest BCUT2D eigenvalue weighted by atomic mass is 10.1. The van der Waals surface area contributed by atoms with Crippen LogP contribution >= 0.6 is 11.3 Å². The van der Waals surface area contributed by atoms with Crippen LogP contribution in [0.5, 0.6) is 5.75 Å². The number of anilines is 1. The molecule has 1 saturated heterocycles. The first-order chi connectivity index (χ1) is 16.6. The van der Waals surface area contributed by atoms with E-state index in [1.54, 1.807) is 4.90 Å². The number of thiazole rings is 1. The van der Waals surface area contributed by atoms with Crippen LogP contribution in [0.25, 0.3) is 10.3 Å². The summed E-state index contributed by atoms with van der Waals surface area (Å²) in [7, 11) is -4.35. The van der Waals surface area contributed by atoms with Gasteiger partial charge in [-0.15, -0.1) is 13.2 Å². The van der Waals surface area contributed by atoms with Crippen LogP contribution in [0.2, 0.25) is 0 Å². The van der Waals surface area contributed by atoms with E-state index in [9.17, 15) is 36.6 Å². The zero-order valence-corrected chi connectivity index (χ0v) is 20.4. The Bertz CT molecular complexity index is 1390. The number of sulfonamides is 1. The van der Waals surface area contributed by atoms with Crippen LogP contribution in [0.4, 0.5) is 18.3 Å². The molecule has 0 amide bonds. The Morgan fingerprint density at radius 1 is 1.17 bits per heavy atom. The quantitative estimate of drug-likeness (QED) is 0.471. The van der Waals surface area contributed by atoms with E-state index in [1.165, 1.54) is 31.4 Å². The summed E-state index contributed by atoms with van der Waals surface area (Å²) in [5.74, 6) is -1.84. The largest absolute Gasteiger partial charge is 0.573 e. The number of aliphatic hydroxyl groups is 1. The Kier molecular flexibility index (Phi) is 6.57. The fourth-order valence-electron chi connectivity index (χ4n) is 3.53. The highest BCUT2D eigenvalue weighted by atomic mass is 32.2. The molecule has 0 unspecified atom stereocenters. The van der Waals surface area contributed by atoms with Crippen molar-refractivity contribution in [3.05, 3.63) is 36.3 Å². The topological polar surface area (TPSA) is 146 Å². The van der Waals surface area contributed by atoms with Gasteiger partial charge >= 0.3 is 12.3 Å². The van der Waals surface area contributed by atoms with Crippen molar-refractivity contribution in [1.29, 1.82) is 0 Å². The second-order valence-electron chi connectivity index (χ2n) is 8.37. The molecular weight excluding hydrogens is 527 g/mol. The molecule has 1 fully saturated rings. The van der Waals surface area contributed by atoms with E-state index in [1.807, 2.05) is 0 Å². The predicted octanol–water partition coefficient (Wildman–Crippen LogP) is 2.18. The molecule has 3 heterocycles. The number of hydrogen-bond donors (Lipinski definition) is 2. The van der Waals surface area contributed by atoms with E-state index in [0.29, 0.717) is 15.5 Å². The average Bonchev–Trinajstić information content (AvgIpc) is 3.21. The van der Waals surface area contributed by atoms with Gasteiger partial charge in [0.25, 0.3) is 0 Å². The maximum absolute atomic E-state index is 13.1. The van der Waals surface area contributed by atoms with Crippen molar-refractivity contribution >= 4 is 42.8 Å². The van der Waals surface area contributed by atoms with Crippen LogP contribution in [0.1, 0.15) is 19.7 Å². The molecule has 3 aromatic rings. The number of ether oxygens (including phenoxy) is 1. The number of benzene rings is 1. The molecule has 0 radical (unpaired) electrons. The number of aromatic nitrogens is 3. The van der Waals surface area contributed by atoms with E-state index in [4.69, 9.17) is 0 Å². The number of piperazine rings is 1. The number of carbonyl (C=O) groups is 1. The summed E-state index contributed by atoms with van der Waals surface area (Å²) in [6.45, 7) is 2.71. The van der Waals surface area contributed by atoms with E-state index in [-0.39, 0.29) is 30.4 Å². The number of halogens is 3. The number of aliphatic carboxylic acids is 1. The summed E-state index contributed by atoms with van der Waals surface area (Å²) in [6, 6.07) is 2.05. The van der Waals surface area contributed by atoms with Gasteiger partial charge in [-0.05, 0) is 38.1 Å². The lowest BCUT2D eigenvalue weighted by Crippen LogP contribution is -2.58. The van der Waals surface area contributed by atoms with Gasteiger partial charge in [-0.3, -0.25) is 4.79 Å². The molecule has 11 nitrogen and oxygen atoms in total. The first-order valence-corrected chi connectivity index (χ1v) is 12.6. The summed E-state index contributed by atoms with van der Waals surface area (Å²) in [4.78, 5) is 26.0. The molecule has 1 aromatic carbocycles. The third-order valence-electron chi connectivity index (χ3n) is 5.24. The Morgan fingerprint density at radius 2 is 1.83 bits per heavy atom. The molecule has 4 rings (SSSR count). The monoisotopic (exact) mass is 547 g/mol. The highest BCUT2D eigenvalue weighted by Crippen LogP contribution is 2.32. The van der Waals surface area contributed by atoms with Crippen molar-refractivity contribution in [1.82, 2.24) is 19.3 Å². The lowest BCUT2D eigenvalue weighted by Gasteiger charge is -2.38. The van der Waals surface area contributed by atoms with E-state index < -0.39 is 39.7 Å². The highest BCUT2D eigenvalue weighted by Gasteiger charge is 2.41. The summed E-state index contributed by atoms with van der Waals surface area (Å²) >= 11 is 1.19. The molecule has 1 aliphatic rings. The Morgan fingerprint density at radius 3 is 2.42 bits per heavy atom. The highest BCUT2D eigenvalue weighted by molar-refractivity contribution is 7.89. The molecule has 0 spiro atoms. The number of carboxylic acid groups (broad SMARTS) is 1. The first kappa shape index (κ1) is 26.0. The van der Waals surface area contributed by atoms with Gasteiger partial charge in [0.1, 0.15) is 17.4 Å². The second-order valence-corrected chi connectivity index (χ2v) is 11.3. The van der Waals surface area contributed by atoms with Gasteiger partial charge in [-0.2, -0.15) is 9.29 Å². The van der Waals surface area contributed by atoms with Gasteiger partial charge in [-0.25, -0.2) is 18.4 Å². The number of nitrogens with zero attached hydrogens (tertiary/aromatic N) is 5. The zero-order valence-electron chi connectivity index (χ0n) is 18.8. The van der Waals surface area contributed by atoms with Crippen molar-refractivity contribution in [3.63, 3.8) is 0 Å². The summed E-state index contributed by atoms with van der Waals surface area (Å²) < 4.78 is 68.6.